The third kappa shape index (κ3) is 5.76. The molecule has 0 N–H and O–H groups in total. The number of sulfonamides is 1. The molecular formula is C25H25F2N5O6S. The van der Waals surface area contributed by atoms with E-state index in [0.717, 1.165) is 36.1 Å². The summed E-state index contributed by atoms with van der Waals surface area (Å²) in [5, 5.41) is 15.2. The number of hydrogen-bond acceptors (Lipinski definition) is 8. The summed E-state index contributed by atoms with van der Waals surface area (Å²) in [5.74, 6) is -2.10. The van der Waals surface area contributed by atoms with Gasteiger partial charge < -0.3 is 9.64 Å². The van der Waals surface area contributed by atoms with Crippen molar-refractivity contribution in [3.05, 3.63) is 86.3 Å². The second-order valence-electron chi connectivity index (χ2n) is 9.44. The van der Waals surface area contributed by atoms with Gasteiger partial charge in [0.2, 0.25) is 15.8 Å². The van der Waals surface area contributed by atoms with Crippen LogP contribution in [0.3, 0.4) is 0 Å². The van der Waals surface area contributed by atoms with Crippen LogP contribution in [0.25, 0.3) is 5.69 Å². The normalized spacial score (nSPS) is 16.6. The van der Waals surface area contributed by atoms with Crippen molar-refractivity contribution in [3.63, 3.8) is 0 Å². The number of ether oxygens (including phenoxy) is 1. The molecule has 0 amide bonds. The molecule has 1 saturated heterocycles. The van der Waals surface area contributed by atoms with Gasteiger partial charge >= 0.3 is 5.56 Å². The second kappa shape index (κ2) is 10.7. The van der Waals surface area contributed by atoms with Crippen molar-refractivity contribution in [2.75, 3.05) is 31.1 Å². The highest BCUT2D eigenvalue weighted by Gasteiger charge is 2.31. The molecule has 11 nitrogen and oxygen atoms in total. The van der Waals surface area contributed by atoms with Crippen LogP contribution in [0, 0.1) is 21.7 Å². The van der Waals surface area contributed by atoms with Gasteiger partial charge in [-0.25, -0.2) is 17.2 Å². The zero-order valence-corrected chi connectivity index (χ0v) is 21.5. The molecular weight excluding hydrogens is 536 g/mol. The third-order valence-electron chi connectivity index (χ3n) is 6.79. The highest BCUT2D eigenvalue weighted by Crippen LogP contribution is 2.31. The van der Waals surface area contributed by atoms with E-state index in [2.05, 4.69) is 5.10 Å². The topological polar surface area (TPSA) is 128 Å². The maximum absolute atomic E-state index is 13.8. The highest BCUT2D eigenvalue weighted by atomic mass is 32.2. The number of piperazine rings is 1. The van der Waals surface area contributed by atoms with Crippen LogP contribution < -0.4 is 15.2 Å². The van der Waals surface area contributed by atoms with Gasteiger partial charge in [-0.3, -0.25) is 14.9 Å². The molecule has 2 aliphatic rings. The Morgan fingerprint density at radius 2 is 1.74 bits per heavy atom. The summed E-state index contributed by atoms with van der Waals surface area (Å²) in [7, 11) is -3.77. The van der Waals surface area contributed by atoms with Crippen molar-refractivity contribution >= 4 is 21.4 Å². The first-order valence-electron chi connectivity index (χ1n) is 12.3. The van der Waals surface area contributed by atoms with E-state index in [4.69, 9.17) is 4.74 Å². The van der Waals surface area contributed by atoms with Crippen LogP contribution in [0.4, 0.5) is 20.2 Å². The molecule has 3 aromatic rings. The Morgan fingerprint density at radius 3 is 2.36 bits per heavy atom. The monoisotopic (exact) mass is 561 g/mol. The largest absolute Gasteiger partial charge is 0.483 e. The number of nitro benzene ring substituents is 1. The van der Waals surface area contributed by atoms with Crippen LogP contribution in [0.2, 0.25) is 0 Å². The molecule has 0 atom stereocenters. The number of nitrogens with zero attached hydrogens (tertiary/aromatic N) is 5. The predicted molar refractivity (Wildman–Crippen MR) is 138 cm³/mol. The van der Waals surface area contributed by atoms with Gasteiger partial charge in [0.05, 0.1) is 28.7 Å². The minimum absolute atomic E-state index is 0.00716. The molecule has 1 aliphatic heterocycles. The van der Waals surface area contributed by atoms with E-state index < -0.39 is 32.1 Å². The minimum atomic E-state index is -3.77. The first-order chi connectivity index (χ1) is 18.6. The van der Waals surface area contributed by atoms with E-state index in [1.165, 1.54) is 34.8 Å². The van der Waals surface area contributed by atoms with Gasteiger partial charge in [-0.15, -0.1) is 0 Å². The van der Waals surface area contributed by atoms with Crippen molar-refractivity contribution in [3.8, 4) is 11.4 Å². The molecule has 2 heterocycles. The van der Waals surface area contributed by atoms with Crippen molar-refractivity contribution in [1.29, 1.82) is 0 Å². The Bertz CT molecular complexity index is 1550. The summed E-state index contributed by atoms with van der Waals surface area (Å²) in [6.07, 6.45) is 3.69. The van der Waals surface area contributed by atoms with E-state index in [9.17, 15) is 32.1 Å². The van der Waals surface area contributed by atoms with Crippen LogP contribution in [0.1, 0.15) is 24.8 Å². The summed E-state index contributed by atoms with van der Waals surface area (Å²) in [6.45, 7) is 0.681. The Morgan fingerprint density at radius 1 is 1.05 bits per heavy atom. The maximum Gasteiger partial charge on any atom is 0.316 e. The van der Waals surface area contributed by atoms with Crippen molar-refractivity contribution in [2.45, 2.75) is 31.1 Å². The Kier molecular flexibility index (Phi) is 7.32. The molecule has 2 fully saturated rings. The molecule has 0 bridgehead atoms. The van der Waals surface area contributed by atoms with Gasteiger partial charge in [0.1, 0.15) is 17.3 Å². The molecule has 1 aliphatic carbocycles. The van der Waals surface area contributed by atoms with Gasteiger partial charge in [0.25, 0.3) is 5.69 Å². The average Bonchev–Trinajstić information content (AvgIpc) is 2.86. The van der Waals surface area contributed by atoms with Gasteiger partial charge in [-0.2, -0.15) is 14.1 Å². The van der Waals surface area contributed by atoms with E-state index in [0.29, 0.717) is 17.3 Å². The lowest BCUT2D eigenvalue weighted by molar-refractivity contribution is -0.384. The van der Waals surface area contributed by atoms with Crippen LogP contribution in [0.15, 0.2) is 53.5 Å². The zero-order chi connectivity index (χ0) is 27.7. The van der Waals surface area contributed by atoms with Crippen LogP contribution in [0.5, 0.6) is 5.75 Å². The van der Waals surface area contributed by atoms with Crippen LogP contribution >= 0.6 is 0 Å². The number of rotatable bonds is 8. The first kappa shape index (κ1) is 26.7. The molecule has 1 aromatic heterocycles. The van der Waals surface area contributed by atoms with E-state index in [-0.39, 0.29) is 55.2 Å². The highest BCUT2D eigenvalue weighted by molar-refractivity contribution is 7.88. The number of aromatic nitrogens is 2. The zero-order valence-electron chi connectivity index (χ0n) is 20.7. The standard InChI is InChI=1S/C25H25F2N5O6S/c26-18-12-19(27)14-21(13-18)31-25(33)24(38-22-5-2-6-22)23(15-28-31)29-7-9-30(10-8-29)39(36,37)16-17-3-1-4-20(11-17)32(34)35/h1,3-4,11-15,22H,2,5-10,16H2. The Balaban J connectivity index is 1.36. The van der Waals surface area contributed by atoms with Gasteiger partial charge in [0.15, 0.2) is 0 Å². The molecule has 0 radical (unpaired) electrons. The Hall–Kier alpha value is -3.91. The molecule has 14 heteroatoms. The molecule has 1 saturated carbocycles. The van der Waals surface area contributed by atoms with Crippen LogP contribution in [-0.4, -0.2) is 59.7 Å². The summed E-state index contributed by atoms with van der Waals surface area (Å²) >= 11 is 0. The average molecular weight is 562 g/mol. The van der Waals surface area contributed by atoms with Gasteiger partial charge in [-0.1, -0.05) is 12.1 Å². The van der Waals surface area contributed by atoms with E-state index in [1.54, 1.807) is 4.90 Å². The smallest absolute Gasteiger partial charge is 0.316 e. The molecule has 5 rings (SSSR count). The van der Waals surface area contributed by atoms with Gasteiger partial charge in [0, 0.05) is 44.4 Å². The molecule has 0 spiro atoms. The minimum Gasteiger partial charge on any atom is -0.483 e. The fourth-order valence-electron chi connectivity index (χ4n) is 4.53. The van der Waals surface area contributed by atoms with Crippen molar-refractivity contribution in [1.82, 2.24) is 14.1 Å². The summed E-state index contributed by atoms with van der Waals surface area (Å²) in [4.78, 5) is 25.6. The lowest BCUT2D eigenvalue weighted by Gasteiger charge is -2.36. The summed E-state index contributed by atoms with van der Waals surface area (Å²) < 4.78 is 61.9. The lowest BCUT2D eigenvalue weighted by Crippen LogP contribution is -2.49. The number of halogens is 2. The molecule has 206 valence electrons. The number of nitro groups is 1. The first-order valence-corrected chi connectivity index (χ1v) is 13.9. The molecule has 0 unspecified atom stereocenters. The molecule has 39 heavy (non-hydrogen) atoms. The maximum atomic E-state index is 13.8. The van der Waals surface area contributed by atoms with E-state index >= 15 is 0 Å². The summed E-state index contributed by atoms with van der Waals surface area (Å²) in [6, 6.07) is 8.19. The SMILES string of the molecule is O=c1c(OC2CCC2)c(N2CCN(S(=O)(=O)Cc3cccc([N+](=O)[O-])c3)CC2)cnn1-c1cc(F)cc(F)c1. The summed E-state index contributed by atoms with van der Waals surface area (Å²) in [5.41, 5.74) is -0.264. The quantitative estimate of drug-likeness (QED) is 0.303. The van der Waals surface area contributed by atoms with Gasteiger partial charge in [-0.05, 0) is 37.0 Å². The Labute approximate surface area is 222 Å². The number of hydrogen-bond donors (Lipinski definition) is 0. The number of non-ortho nitro benzene ring substituents is 1. The van der Waals surface area contributed by atoms with Crippen molar-refractivity contribution < 1.29 is 26.9 Å². The van der Waals surface area contributed by atoms with E-state index in [1.807, 2.05) is 0 Å². The predicted octanol–water partition coefficient (Wildman–Crippen LogP) is 3.00. The van der Waals surface area contributed by atoms with Crippen molar-refractivity contribution in [2.24, 2.45) is 0 Å². The number of anilines is 1. The second-order valence-corrected chi connectivity index (χ2v) is 11.4. The number of benzene rings is 2. The fraction of sp³-hybridized carbons (Fsp3) is 0.360. The fourth-order valence-corrected chi connectivity index (χ4v) is 6.04. The molecule has 2 aromatic carbocycles. The third-order valence-corrected chi connectivity index (χ3v) is 8.64. The lowest BCUT2D eigenvalue weighted by atomic mass is 9.96. The van der Waals surface area contributed by atoms with Crippen LogP contribution in [-0.2, 0) is 15.8 Å².